The van der Waals surface area contributed by atoms with Gasteiger partial charge in [0.15, 0.2) is 0 Å². The summed E-state index contributed by atoms with van der Waals surface area (Å²) < 4.78 is 5.66. The van der Waals surface area contributed by atoms with E-state index in [1.807, 2.05) is 30.3 Å². The Labute approximate surface area is 150 Å². The topological polar surface area (TPSA) is 61.9 Å². The van der Waals surface area contributed by atoms with Crippen molar-refractivity contribution in [2.45, 2.75) is 38.3 Å². The number of amides is 3. The van der Waals surface area contributed by atoms with Gasteiger partial charge in [0.1, 0.15) is 0 Å². The highest BCUT2D eigenvalue weighted by molar-refractivity contribution is 5.78. The van der Waals surface area contributed by atoms with E-state index in [9.17, 15) is 9.59 Å². The zero-order valence-electron chi connectivity index (χ0n) is 15.2. The normalized spacial score (nSPS) is 17.0. The summed E-state index contributed by atoms with van der Waals surface area (Å²) in [5.41, 5.74) is 1.07. The molecule has 1 fully saturated rings. The van der Waals surface area contributed by atoms with Crippen molar-refractivity contribution >= 4 is 11.9 Å². The molecule has 1 saturated heterocycles. The van der Waals surface area contributed by atoms with Crippen LogP contribution < -0.4 is 5.32 Å². The van der Waals surface area contributed by atoms with Crippen LogP contribution in [0, 0.1) is 0 Å². The monoisotopic (exact) mass is 347 g/mol. The van der Waals surface area contributed by atoms with E-state index < -0.39 is 0 Å². The average Bonchev–Trinajstić information content (AvgIpc) is 2.63. The molecule has 0 aliphatic carbocycles. The minimum atomic E-state index is -0.171. The summed E-state index contributed by atoms with van der Waals surface area (Å²) in [5, 5.41) is 2.80. The Balaban J connectivity index is 1.64. The zero-order valence-corrected chi connectivity index (χ0v) is 15.2. The highest BCUT2D eigenvalue weighted by Crippen LogP contribution is 2.13. The second-order valence-electron chi connectivity index (χ2n) is 6.59. The Morgan fingerprint density at radius 1 is 1.16 bits per heavy atom. The smallest absolute Gasteiger partial charge is 0.317 e. The molecule has 1 aliphatic rings. The summed E-state index contributed by atoms with van der Waals surface area (Å²) in [6, 6.07) is 9.64. The third-order valence-electron chi connectivity index (χ3n) is 4.40. The molecule has 25 heavy (non-hydrogen) atoms. The fourth-order valence-corrected chi connectivity index (χ4v) is 2.89. The maximum absolute atomic E-state index is 12.2. The van der Waals surface area contributed by atoms with Crippen LogP contribution in [0.1, 0.15) is 31.2 Å². The lowest BCUT2D eigenvalue weighted by Gasteiger charge is -2.27. The van der Waals surface area contributed by atoms with Crippen molar-refractivity contribution in [2.75, 3.05) is 33.8 Å². The molecule has 0 radical (unpaired) electrons. The van der Waals surface area contributed by atoms with Gasteiger partial charge >= 0.3 is 6.03 Å². The number of ether oxygens (including phenoxy) is 1. The first-order valence-corrected chi connectivity index (χ1v) is 8.94. The second kappa shape index (κ2) is 10.0. The summed E-state index contributed by atoms with van der Waals surface area (Å²) >= 11 is 0. The lowest BCUT2D eigenvalue weighted by atomic mass is 10.1. The van der Waals surface area contributed by atoms with Gasteiger partial charge < -0.3 is 19.9 Å². The summed E-state index contributed by atoms with van der Waals surface area (Å²) in [6.07, 6.45) is 3.73. The molecule has 3 amide bonds. The molecule has 0 unspecified atom stereocenters. The highest BCUT2D eigenvalue weighted by Gasteiger charge is 2.19. The standard InChI is InChI=1S/C19H29N3O3/c1-21(15-17-10-6-7-13-25-17)18(23)11-12-20-19(24)22(2)14-16-8-4-3-5-9-16/h3-5,8-9,17H,6-7,10-15H2,1-2H3,(H,20,24)/t17-/m1/s1. The quantitative estimate of drug-likeness (QED) is 0.823. The second-order valence-corrected chi connectivity index (χ2v) is 6.59. The van der Waals surface area contributed by atoms with Crippen molar-refractivity contribution in [3.63, 3.8) is 0 Å². The number of likely N-dealkylation sites (N-methyl/N-ethyl adjacent to an activating group) is 1. The Morgan fingerprint density at radius 3 is 2.60 bits per heavy atom. The van der Waals surface area contributed by atoms with Gasteiger partial charge in [-0.05, 0) is 24.8 Å². The van der Waals surface area contributed by atoms with Gasteiger partial charge in [0, 0.05) is 46.8 Å². The van der Waals surface area contributed by atoms with E-state index in [-0.39, 0.29) is 18.0 Å². The SMILES string of the molecule is CN(C[C@H]1CCCCO1)C(=O)CCNC(=O)N(C)Cc1ccccc1. The molecule has 2 rings (SSSR count). The molecule has 138 valence electrons. The zero-order chi connectivity index (χ0) is 18.1. The number of urea groups is 1. The van der Waals surface area contributed by atoms with Gasteiger partial charge in [0.25, 0.3) is 0 Å². The lowest BCUT2D eigenvalue weighted by Crippen LogP contribution is -2.41. The molecule has 1 N–H and O–H groups in total. The summed E-state index contributed by atoms with van der Waals surface area (Å²) in [4.78, 5) is 27.6. The molecule has 6 heteroatoms. The Kier molecular flexibility index (Phi) is 7.73. The van der Waals surface area contributed by atoms with E-state index >= 15 is 0 Å². The van der Waals surface area contributed by atoms with Crippen LogP contribution in [0.15, 0.2) is 30.3 Å². The van der Waals surface area contributed by atoms with Gasteiger partial charge in [-0.25, -0.2) is 4.79 Å². The van der Waals surface area contributed by atoms with Gasteiger partial charge in [-0.2, -0.15) is 0 Å². The largest absolute Gasteiger partial charge is 0.376 e. The predicted molar refractivity (Wildman–Crippen MR) is 97.2 cm³/mol. The van der Waals surface area contributed by atoms with E-state index in [0.29, 0.717) is 26.1 Å². The molecule has 1 atom stereocenters. The van der Waals surface area contributed by atoms with E-state index in [0.717, 1.165) is 31.4 Å². The van der Waals surface area contributed by atoms with E-state index in [1.54, 1.807) is 23.9 Å². The first-order chi connectivity index (χ1) is 12.1. The Morgan fingerprint density at radius 2 is 1.92 bits per heavy atom. The maximum Gasteiger partial charge on any atom is 0.317 e. The molecule has 0 aromatic heterocycles. The molecule has 1 aromatic carbocycles. The van der Waals surface area contributed by atoms with Crippen molar-refractivity contribution in [3.05, 3.63) is 35.9 Å². The van der Waals surface area contributed by atoms with Gasteiger partial charge in [0.05, 0.1) is 6.10 Å². The van der Waals surface area contributed by atoms with Crippen LogP contribution in [0.2, 0.25) is 0 Å². The molecular weight excluding hydrogens is 318 g/mol. The lowest BCUT2D eigenvalue weighted by molar-refractivity contribution is -0.132. The van der Waals surface area contributed by atoms with Crippen LogP contribution in [0.25, 0.3) is 0 Å². The van der Waals surface area contributed by atoms with Crippen LogP contribution in [0.4, 0.5) is 4.79 Å². The van der Waals surface area contributed by atoms with Crippen LogP contribution in [0.3, 0.4) is 0 Å². The van der Waals surface area contributed by atoms with Gasteiger partial charge in [0.2, 0.25) is 5.91 Å². The summed E-state index contributed by atoms with van der Waals surface area (Å²) in [5.74, 6) is 0.0279. The fourth-order valence-electron chi connectivity index (χ4n) is 2.89. The summed E-state index contributed by atoms with van der Waals surface area (Å²) in [6.45, 7) is 2.30. The first-order valence-electron chi connectivity index (χ1n) is 8.94. The van der Waals surface area contributed by atoms with Crippen LogP contribution in [0.5, 0.6) is 0 Å². The number of carbonyl (C=O) groups is 2. The number of rotatable bonds is 7. The third-order valence-corrected chi connectivity index (χ3v) is 4.40. The number of carbonyl (C=O) groups excluding carboxylic acids is 2. The van der Waals surface area contributed by atoms with E-state index in [1.165, 1.54) is 0 Å². The van der Waals surface area contributed by atoms with Crippen molar-refractivity contribution in [1.29, 1.82) is 0 Å². The molecule has 0 bridgehead atoms. The number of nitrogens with zero attached hydrogens (tertiary/aromatic N) is 2. The Hall–Kier alpha value is -2.08. The fraction of sp³-hybridized carbons (Fsp3) is 0.579. The van der Waals surface area contributed by atoms with Crippen LogP contribution >= 0.6 is 0 Å². The van der Waals surface area contributed by atoms with Crippen LogP contribution in [-0.4, -0.2) is 61.6 Å². The van der Waals surface area contributed by atoms with Gasteiger partial charge in [-0.15, -0.1) is 0 Å². The van der Waals surface area contributed by atoms with Crippen molar-refractivity contribution in [1.82, 2.24) is 15.1 Å². The highest BCUT2D eigenvalue weighted by atomic mass is 16.5. The molecule has 1 heterocycles. The maximum atomic E-state index is 12.2. The number of nitrogens with one attached hydrogen (secondary N) is 1. The van der Waals surface area contributed by atoms with Gasteiger partial charge in [-0.3, -0.25) is 4.79 Å². The van der Waals surface area contributed by atoms with E-state index in [4.69, 9.17) is 4.74 Å². The molecule has 0 spiro atoms. The minimum absolute atomic E-state index is 0.0279. The van der Waals surface area contributed by atoms with Crippen molar-refractivity contribution in [2.24, 2.45) is 0 Å². The molecule has 0 saturated carbocycles. The molecular formula is C19H29N3O3. The Bertz CT molecular complexity index is 544. The van der Waals surface area contributed by atoms with Crippen molar-refractivity contribution < 1.29 is 14.3 Å². The molecule has 1 aliphatic heterocycles. The van der Waals surface area contributed by atoms with Gasteiger partial charge in [-0.1, -0.05) is 30.3 Å². The minimum Gasteiger partial charge on any atom is -0.376 e. The summed E-state index contributed by atoms with van der Waals surface area (Å²) in [7, 11) is 3.54. The van der Waals surface area contributed by atoms with Crippen LogP contribution in [-0.2, 0) is 16.1 Å². The third kappa shape index (κ3) is 6.74. The van der Waals surface area contributed by atoms with E-state index in [2.05, 4.69) is 5.32 Å². The van der Waals surface area contributed by atoms with Crippen molar-refractivity contribution in [3.8, 4) is 0 Å². The molecule has 6 nitrogen and oxygen atoms in total. The number of benzene rings is 1. The molecule has 1 aromatic rings. The average molecular weight is 347 g/mol. The predicted octanol–water partition coefficient (Wildman–Crippen LogP) is 2.25. The number of hydrogen-bond acceptors (Lipinski definition) is 3. The first kappa shape index (κ1) is 19.2. The number of hydrogen-bond donors (Lipinski definition) is 1.